The number of carbonyl (C=O) groups is 1. The average Bonchev–Trinajstić information content (AvgIpc) is 3.25. The van der Waals surface area contributed by atoms with Gasteiger partial charge in [-0.3, -0.25) is 4.79 Å². The highest BCUT2D eigenvalue weighted by atomic mass is 16.5. The summed E-state index contributed by atoms with van der Waals surface area (Å²) in [7, 11) is 0. The second-order valence-corrected chi connectivity index (χ2v) is 6.58. The van der Waals surface area contributed by atoms with E-state index in [-0.39, 0.29) is 28.6 Å². The summed E-state index contributed by atoms with van der Waals surface area (Å²) in [6.45, 7) is 0. The Morgan fingerprint density at radius 1 is 0.893 bits per heavy atom. The topological polar surface area (TPSA) is 82.6 Å². The number of carbonyl (C=O) groups excluding carboxylic acids is 1. The van der Waals surface area contributed by atoms with Crippen molar-refractivity contribution in [1.29, 1.82) is 0 Å². The molecule has 2 heterocycles. The van der Waals surface area contributed by atoms with Crippen LogP contribution in [0, 0.1) is 0 Å². The van der Waals surface area contributed by atoms with Crippen molar-refractivity contribution in [1.82, 2.24) is 4.98 Å². The number of nitrogens with one attached hydrogen (secondary N) is 1. The van der Waals surface area contributed by atoms with Crippen molar-refractivity contribution in [2.45, 2.75) is 0 Å². The minimum atomic E-state index is -0.434. The fraction of sp³-hybridized carbons (Fsp3) is 0. The van der Waals surface area contributed by atoms with Crippen LogP contribution in [0.15, 0.2) is 72.5 Å². The van der Waals surface area contributed by atoms with Gasteiger partial charge in [0.15, 0.2) is 17.3 Å². The van der Waals surface area contributed by atoms with Gasteiger partial charge in [-0.15, -0.1) is 0 Å². The molecule has 3 N–H and O–H groups in total. The Balaban J connectivity index is 1.70. The van der Waals surface area contributed by atoms with Gasteiger partial charge in [-0.2, -0.15) is 0 Å². The van der Waals surface area contributed by atoms with Crippen LogP contribution in [-0.2, 0) is 0 Å². The lowest BCUT2D eigenvalue weighted by molar-refractivity contribution is 0.101. The number of ketones is 1. The van der Waals surface area contributed by atoms with Gasteiger partial charge in [0.25, 0.3) is 0 Å². The number of para-hydroxylation sites is 1. The van der Waals surface area contributed by atoms with Crippen molar-refractivity contribution >= 4 is 22.8 Å². The molecule has 5 nitrogen and oxygen atoms in total. The number of aromatic nitrogens is 1. The van der Waals surface area contributed by atoms with E-state index in [1.807, 2.05) is 54.6 Å². The molecule has 3 aromatic carbocycles. The molecule has 0 spiro atoms. The Kier molecular flexibility index (Phi) is 3.49. The van der Waals surface area contributed by atoms with Crippen molar-refractivity contribution in [3.63, 3.8) is 0 Å². The second kappa shape index (κ2) is 6.03. The maximum absolute atomic E-state index is 12.8. The number of fused-ring (bicyclic) bond motifs is 2. The van der Waals surface area contributed by atoms with E-state index in [1.165, 1.54) is 12.1 Å². The third-order valence-electron chi connectivity index (χ3n) is 4.87. The van der Waals surface area contributed by atoms with Gasteiger partial charge in [-0.05, 0) is 29.8 Å². The second-order valence-electron chi connectivity index (χ2n) is 6.58. The molecular weight excluding hydrogens is 354 g/mol. The van der Waals surface area contributed by atoms with E-state index >= 15 is 0 Å². The molecule has 0 bridgehead atoms. The number of ether oxygens (including phenoxy) is 1. The molecule has 1 aliphatic heterocycles. The lowest BCUT2D eigenvalue weighted by Gasteiger charge is -2.04. The summed E-state index contributed by atoms with van der Waals surface area (Å²) in [4.78, 5) is 16.2. The molecule has 4 aromatic rings. The van der Waals surface area contributed by atoms with E-state index in [0.29, 0.717) is 0 Å². The Bertz CT molecular complexity index is 1270. The van der Waals surface area contributed by atoms with E-state index in [9.17, 15) is 15.0 Å². The van der Waals surface area contributed by atoms with Crippen molar-refractivity contribution < 1.29 is 19.7 Å². The van der Waals surface area contributed by atoms with Crippen molar-refractivity contribution in [2.24, 2.45) is 0 Å². The van der Waals surface area contributed by atoms with Crippen LogP contribution >= 0.6 is 0 Å². The first kappa shape index (κ1) is 16.2. The van der Waals surface area contributed by atoms with E-state index < -0.39 is 5.75 Å². The number of phenolic OH excluding ortho intramolecular Hbond substituents is 2. The van der Waals surface area contributed by atoms with Gasteiger partial charge in [0.05, 0.1) is 11.3 Å². The predicted octanol–water partition coefficient (Wildman–Crippen LogP) is 4.86. The fourth-order valence-electron chi connectivity index (χ4n) is 3.50. The van der Waals surface area contributed by atoms with Gasteiger partial charge in [-0.1, -0.05) is 48.5 Å². The maximum Gasteiger partial charge on any atom is 0.232 e. The SMILES string of the molecule is O=C1C(=Cc2c(-c3ccccc3)[nH]c3ccccc23)Oc2c1ccc(O)c2O. The first-order valence-electron chi connectivity index (χ1n) is 8.79. The highest BCUT2D eigenvalue weighted by Crippen LogP contribution is 2.44. The summed E-state index contributed by atoms with van der Waals surface area (Å²) in [6.07, 6.45) is 1.68. The number of phenols is 2. The summed E-state index contributed by atoms with van der Waals surface area (Å²) < 4.78 is 5.63. The molecule has 136 valence electrons. The summed E-state index contributed by atoms with van der Waals surface area (Å²) in [6, 6.07) is 20.4. The van der Waals surface area contributed by atoms with Crippen LogP contribution in [0.25, 0.3) is 28.2 Å². The quantitative estimate of drug-likeness (QED) is 0.348. The number of aromatic hydroxyl groups is 2. The highest BCUT2D eigenvalue weighted by molar-refractivity contribution is 6.16. The van der Waals surface area contributed by atoms with Crippen molar-refractivity contribution in [2.75, 3.05) is 0 Å². The van der Waals surface area contributed by atoms with E-state index in [1.54, 1.807) is 6.08 Å². The van der Waals surface area contributed by atoms with Crippen LogP contribution in [0.5, 0.6) is 17.2 Å². The molecule has 0 unspecified atom stereocenters. The smallest absolute Gasteiger partial charge is 0.232 e. The highest BCUT2D eigenvalue weighted by Gasteiger charge is 2.31. The molecule has 1 aliphatic rings. The number of rotatable bonds is 2. The van der Waals surface area contributed by atoms with E-state index in [2.05, 4.69) is 4.98 Å². The molecule has 1 aromatic heterocycles. The minimum Gasteiger partial charge on any atom is -0.504 e. The van der Waals surface area contributed by atoms with Crippen LogP contribution < -0.4 is 4.74 Å². The zero-order valence-corrected chi connectivity index (χ0v) is 14.6. The molecule has 0 amide bonds. The van der Waals surface area contributed by atoms with Crippen molar-refractivity contribution in [3.8, 4) is 28.5 Å². The summed E-state index contributed by atoms with van der Waals surface area (Å²) in [5.41, 5.74) is 3.84. The summed E-state index contributed by atoms with van der Waals surface area (Å²) in [5.74, 6) is -1.02. The molecular formula is C23H15NO4. The number of hydrogen-bond acceptors (Lipinski definition) is 4. The number of allylic oxidation sites excluding steroid dienone is 1. The maximum atomic E-state index is 12.8. The zero-order chi connectivity index (χ0) is 19.3. The Morgan fingerprint density at radius 3 is 2.46 bits per heavy atom. The minimum absolute atomic E-state index is 0.0163. The first-order chi connectivity index (χ1) is 13.6. The molecule has 5 rings (SSSR count). The third kappa shape index (κ3) is 2.37. The molecule has 28 heavy (non-hydrogen) atoms. The van der Waals surface area contributed by atoms with E-state index in [4.69, 9.17) is 4.74 Å². The summed E-state index contributed by atoms with van der Waals surface area (Å²) in [5, 5.41) is 20.7. The summed E-state index contributed by atoms with van der Waals surface area (Å²) >= 11 is 0. The lowest BCUT2D eigenvalue weighted by Crippen LogP contribution is -1.98. The average molecular weight is 369 g/mol. The van der Waals surface area contributed by atoms with Crippen LogP contribution in [0.2, 0.25) is 0 Å². The van der Waals surface area contributed by atoms with Crippen LogP contribution in [0.3, 0.4) is 0 Å². The molecule has 0 atom stereocenters. The lowest BCUT2D eigenvalue weighted by atomic mass is 10.0. The molecule has 0 fully saturated rings. The van der Waals surface area contributed by atoms with Gasteiger partial charge in [0.2, 0.25) is 11.5 Å². The molecule has 0 saturated heterocycles. The zero-order valence-electron chi connectivity index (χ0n) is 14.6. The molecule has 0 saturated carbocycles. The number of H-pyrrole nitrogens is 1. The Hall–Kier alpha value is -3.99. The van der Waals surface area contributed by atoms with E-state index in [0.717, 1.165) is 27.7 Å². The van der Waals surface area contributed by atoms with Crippen LogP contribution in [0.1, 0.15) is 15.9 Å². The van der Waals surface area contributed by atoms with Gasteiger partial charge in [0, 0.05) is 16.5 Å². The molecule has 0 aliphatic carbocycles. The number of benzene rings is 3. The predicted molar refractivity (Wildman–Crippen MR) is 106 cm³/mol. The standard InChI is InChI=1S/C23H15NO4/c25-18-11-10-15-21(26)19(28-23(15)22(18)27)12-16-14-8-4-5-9-17(14)24-20(16)13-6-2-1-3-7-13/h1-12,24-25,27H. The number of Topliss-reactive ketones (excluding diaryl/α,β-unsaturated/α-hetero) is 1. The number of hydrogen-bond donors (Lipinski definition) is 3. The fourth-order valence-corrected chi connectivity index (χ4v) is 3.50. The van der Waals surface area contributed by atoms with Crippen LogP contribution in [-0.4, -0.2) is 21.0 Å². The van der Waals surface area contributed by atoms with Gasteiger partial charge < -0.3 is 19.9 Å². The normalized spacial score (nSPS) is 14.4. The van der Waals surface area contributed by atoms with Gasteiger partial charge in [-0.25, -0.2) is 0 Å². The van der Waals surface area contributed by atoms with Crippen LogP contribution in [0.4, 0.5) is 0 Å². The van der Waals surface area contributed by atoms with Gasteiger partial charge >= 0.3 is 0 Å². The van der Waals surface area contributed by atoms with Gasteiger partial charge in [0.1, 0.15) is 0 Å². The molecule has 0 radical (unpaired) electrons. The largest absolute Gasteiger partial charge is 0.504 e. The Labute approximate surface area is 160 Å². The first-order valence-corrected chi connectivity index (χ1v) is 8.79. The third-order valence-corrected chi connectivity index (χ3v) is 4.87. The Morgan fingerprint density at radius 2 is 1.64 bits per heavy atom. The monoisotopic (exact) mass is 369 g/mol. The molecule has 5 heteroatoms. The number of aromatic amines is 1. The van der Waals surface area contributed by atoms with Crippen molar-refractivity contribution in [3.05, 3.63) is 83.6 Å².